The molecule has 110 valence electrons. The van der Waals surface area contributed by atoms with Crippen LogP contribution >= 0.6 is 0 Å². The minimum absolute atomic E-state index is 0.271. The SMILES string of the molecule is Cc1ccc2c(c1)CC(CNN1C(C)CCCC1C)O2. The van der Waals surface area contributed by atoms with Crippen LogP contribution < -0.4 is 10.2 Å². The Hall–Kier alpha value is -1.06. The molecule has 1 fully saturated rings. The third kappa shape index (κ3) is 2.84. The van der Waals surface area contributed by atoms with E-state index in [1.165, 1.54) is 30.4 Å². The van der Waals surface area contributed by atoms with Gasteiger partial charge in [0.1, 0.15) is 11.9 Å². The molecule has 2 heterocycles. The summed E-state index contributed by atoms with van der Waals surface area (Å²) in [4.78, 5) is 0. The molecule has 3 atom stereocenters. The van der Waals surface area contributed by atoms with Crippen LogP contribution in [0.4, 0.5) is 0 Å². The van der Waals surface area contributed by atoms with E-state index in [1.54, 1.807) is 0 Å². The van der Waals surface area contributed by atoms with E-state index in [0.717, 1.165) is 18.7 Å². The number of nitrogens with one attached hydrogen (secondary N) is 1. The second-order valence-corrected chi connectivity index (χ2v) is 6.45. The van der Waals surface area contributed by atoms with E-state index in [0.29, 0.717) is 12.1 Å². The summed E-state index contributed by atoms with van der Waals surface area (Å²) in [6, 6.07) is 7.75. The van der Waals surface area contributed by atoms with Crippen LogP contribution in [-0.2, 0) is 6.42 Å². The number of aryl methyl sites for hydroxylation is 1. The van der Waals surface area contributed by atoms with Crippen LogP contribution in [0.25, 0.3) is 0 Å². The van der Waals surface area contributed by atoms with E-state index in [-0.39, 0.29) is 6.10 Å². The highest BCUT2D eigenvalue weighted by molar-refractivity contribution is 5.40. The Morgan fingerprint density at radius 1 is 1.25 bits per heavy atom. The summed E-state index contributed by atoms with van der Waals surface area (Å²) in [5.41, 5.74) is 6.30. The summed E-state index contributed by atoms with van der Waals surface area (Å²) < 4.78 is 6.03. The van der Waals surface area contributed by atoms with Crippen molar-refractivity contribution < 1.29 is 4.74 Å². The molecule has 3 heteroatoms. The van der Waals surface area contributed by atoms with Gasteiger partial charge in [-0.1, -0.05) is 24.1 Å². The van der Waals surface area contributed by atoms with Crippen molar-refractivity contribution in [1.82, 2.24) is 10.4 Å². The van der Waals surface area contributed by atoms with Crippen molar-refractivity contribution in [3.8, 4) is 5.75 Å². The number of hydrazine groups is 1. The zero-order chi connectivity index (χ0) is 14.1. The summed E-state index contributed by atoms with van der Waals surface area (Å²) in [6.07, 6.45) is 5.24. The molecule has 1 saturated heterocycles. The average Bonchev–Trinajstić information content (AvgIpc) is 2.80. The molecular weight excluding hydrogens is 248 g/mol. The Labute approximate surface area is 122 Å². The number of hydrogen-bond donors (Lipinski definition) is 1. The molecule has 0 aromatic heterocycles. The predicted molar refractivity (Wildman–Crippen MR) is 81.9 cm³/mol. The largest absolute Gasteiger partial charge is 0.488 e. The van der Waals surface area contributed by atoms with Gasteiger partial charge in [0.15, 0.2) is 0 Å². The molecule has 0 bridgehead atoms. The molecule has 0 radical (unpaired) electrons. The van der Waals surface area contributed by atoms with Gasteiger partial charge in [-0.25, -0.2) is 5.01 Å². The number of piperidine rings is 1. The van der Waals surface area contributed by atoms with Gasteiger partial charge in [-0.15, -0.1) is 0 Å². The number of fused-ring (bicyclic) bond motifs is 1. The lowest BCUT2D eigenvalue weighted by atomic mass is 10.00. The fourth-order valence-electron chi connectivity index (χ4n) is 3.50. The van der Waals surface area contributed by atoms with Crippen LogP contribution in [0, 0.1) is 6.92 Å². The van der Waals surface area contributed by atoms with Crippen molar-refractivity contribution >= 4 is 0 Å². The maximum atomic E-state index is 6.03. The molecule has 0 aliphatic carbocycles. The van der Waals surface area contributed by atoms with Crippen molar-refractivity contribution in [2.24, 2.45) is 0 Å². The van der Waals surface area contributed by atoms with Crippen LogP contribution in [0.2, 0.25) is 0 Å². The smallest absolute Gasteiger partial charge is 0.123 e. The molecular formula is C17H26N2O. The Kier molecular flexibility index (Phi) is 3.99. The number of rotatable bonds is 3. The average molecular weight is 274 g/mol. The predicted octanol–water partition coefficient (Wildman–Crippen LogP) is 3.07. The topological polar surface area (TPSA) is 24.5 Å². The molecule has 1 N–H and O–H groups in total. The van der Waals surface area contributed by atoms with Crippen molar-refractivity contribution in [2.75, 3.05) is 6.54 Å². The molecule has 0 saturated carbocycles. The Balaban J connectivity index is 1.55. The first-order chi connectivity index (χ1) is 9.63. The standard InChI is InChI=1S/C17H26N2O/c1-12-7-8-17-15(9-12)10-16(20-17)11-18-19-13(2)5-4-6-14(19)3/h7-9,13-14,16,18H,4-6,10-11H2,1-3H3. The lowest BCUT2D eigenvalue weighted by Gasteiger charge is -2.39. The van der Waals surface area contributed by atoms with E-state index in [4.69, 9.17) is 4.74 Å². The first-order valence-corrected chi connectivity index (χ1v) is 7.91. The first kappa shape index (κ1) is 13.9. The molecule has 0 amide bonds. The summed E-state index contributed by atoms with van der Waals surface area (Å²) in [5.74, 6) is 1.07. The quantitative estimate of drug-likeness (QED) is 0.917. The normalized spacial score (nSPS) is 30.1. The first-order valence-electron chi connectivity index (χ1n) is 7.91. The highest BCUT2D eigenvalue weighted by atomic mass is 16.5. The van der Waals surface area contributed by atoms with Crippen LogP contribution in [0.1, 0.15) is 44.2 Å². The molecule has 2 aliphatic rings. The minimum Gasteiger partial charge on any atom is -0.488 e. The number of hydrogen-bond acceptors (Lipinski definition) is 3. The molecule has 20 heavy (non-hydrogen) atoms. The number of nitrogens with zero attached hydrogens (tertiary/aromatic N) is 1. The van der Waals surface area contributed by atoms with E-state index in [2.05, 4.69) is 49.4 Å². The fourth-order valence-corrected chi connectivity index (χ4v) is 3.50. The van der Waals surface area contributed by atoms with Gasteiger partial charge in [-0.05, 0) is 45.2 Å². The van der Waals surface area contributed by atoms with Crippen molar-refractivity contribution in [3.05, 3.63) is 29.3 Å². The van der Waals surface area contributed by atoms with Gasteiger partial charge in [0.05, 0.1) is 0 Å². The summed E-state index contributed by atoms with van der Waals surface area (Å²) in [6.45, 7) is 7.68. The van der Waals surface area contributed by atoms with E-state index in [9.17, 15) is 0 Å². The number of benzene rings is 1. The van der Waals surface area contributed by atoms with E-state index in [1.807, 2.05) is 0 Å². The van der Waals surface area contributed by atoms with Gasteiger partial charge in [0, 0.05) is 25.0 Å². The monoisotopic (exact) mass is 274 g/mol. The van der Waals surface area contributed by atoms with Gasteiger partial charge in [0.25, 0.3) is 0 Å². The third-order valence-electron chi connectivity index (χ3n) is 4.65. The van der Waals surface area contributed by atoms with Gasteiger partial charge in [-0.2, -0.15) is 0 Å². The highest BCUT2D eigenvalue weighted by Crippen LogP contribution is 2.29. The maximum Gasteiger partial charge on any atom is 0.123 e. The minimum atomic E-state index is 0.271. The lowest BCUT2D eigenvalue weighted by molar-refractivity contribution is 0.0332. The van der Waals surface area contributed by atoms with Crippen LogP contribution in [0.15, 0.2) is 18.2 Å². The molecule has 1 aromatic carbocycles. The molecule has 3 unspecified atom stereocenters. The zero-order valence-corrected chi connectivity index (χ0v) is 12.9. The lowest BCUT2D eigenvalue weighted by Crippen LogP contribution is -2.54. The Bertz CT molecular complexity index is 464. The summed E-state index contributed by atoms with van der Waals surface area (Å²) in [5, 5.41) is 2.43. The van der Waals surface area contributed by atoms with Crippen molar-refractivity contribution in [2.45, 2.75) is 64.6 Å². The third-order valence-corrected chi connectivity index (χ3v) is 4.65. The van der Waals surface area contributed by atoms with Crippen LogP contribution in [0.5, 0.6) is 5.75 Å². The fraction of sp³-hybridized carbons (Fsp3) is 0.647. The summed E-state index contributed by atoms with van der Waals surface area (Å²) >= 11 is 0. The van der Waals surface area contributed by atoms with Crippen molar-refractivity contribution in [3.63, 3.8) is 0 Å². The van der Waals surface area contributed by atoms with Crippen molar-refractivity contribution in [1.29, 1.82) is 0 Å². The Morgan fingerprint density at radius 3 is 2.75 bits per heavy atom. The molecule has 3 rings (SSSR count). The number of ether oxygens (including phenoxy) is 1. The summed E-state index contributed by atoms with van der Waals surface area (Å²) in [7, 11) is 0. The molecule has 0 spiro atoms. The molecule has 3 nitrogen and oxygen atoms in total. The Morgan fingerprint density at radius 2 is 2.00 bits per heavy atom. The van der Waals surface area contributed by atoms with E-state index >= 15 is 0 Å². The second kappa shape index (κ2) is 5.74. The highest BCUT2D eigenvalue weighted by Gasteiger charge is 2.27. The van der Waals surface area contributed by atoms with Gasteiger partial charge in [0.2, 0.25) is 0 Å². The van der Waals surface area contributed by atoms with Crippen LogP contribution in [0.3, 0.4) is 0 Å². The van der Waals surface area contributed by atoms with E-state index < -0.39 is 0 Å². The van der Waals surface area contributed by atoms with Gasteiger partial charge >= 0.3 is 0 Å². The molecule has 1 aromatic rings. The van der Waals surface area contributed by atoms with Gasteiger partial charge in [-0.3, -0.25) is 5.43 Å². The maximum absolute atomic E-state index is 6.03. The van der Waals surface area contributed by atoms with Crippen LogP contribution in [-0.4, -0.2) is 29.7 Å². The second-order valence-electron chi connectivity index (χ2n) is 6.45. The zero-order valence-electron chi connectivity index (χ0n) is 12.9. The van der Waals surface area contributed by atoms with Gasteiger partial charge < -0.3 is 4.74 Å². The molecule has 2 aliphatic heterocycles.